The van der Waals surface area contributed by atoms with Gasteiger partial charge in [-0.3, -0.25) is 19.7 Å². The molecular weight excluding hydrogens is 320 g/mol. The normalized spacial score (nSPS) is 21.6. The molecule has 0 spiro atoms. The first-order chi connectivity index (χ1) is 10.9. The summed E-state index contributed by atoms with van der Waals surface area (Å²) in [5.74, 6) is -1.34. The maximum atomic E-state index is 12.2. The Morgan fingerprint density at radius 2 is 2.00 bits per heavy atom. The zero-order valence-corrected chi connectivity index (χ0v) is 13.4. The quantitative estimate of drug-likeness (QED) is 0.468. The van der Waals surface area contributed by atoms with Gasteiger partial charge in [-0.15, -0.1) is 11.8 Å². The van der Waals surface area contributed by atoms with Gasteiger partial charge in [-0.25, -0.2) is 0 Å². The van der Waals surface area contributed by atoms with Crippen molar-refractivity contribution < 1.29 is 19.6 Å². The van der Waals surface area contributed by atoms with Gasteiger partial charge in [0.25, 0.3) is 5.69 Å². The fourth-order valence-electron chi connectivity index (χ4n) is 2.56. The Balaban J connectivity index is 1.85. The molecule has 2 rings (SSSR count). The van der Waals surface area contributed by atoms with Crippen LogP contribution in [0.15, 0.2) is 29.2 Å². The Morgan fingerprint density at radius 1 is 1.35 bits per heavy atom. The first-order valence-corrected chi connectivity index (χ1v) is 8.19. The number of rotatable bonds is 6. The summed E-state index contributed by atoms with van der Waals surface area (Å²) < 4.78 is 0. The maximum absolute atomic E-state index is 12.2. The van der Waals surface area contributed by atoms with Crippen molar-refractivity contribution in [1.82, 2.24) is 5.32 Å². The van der Waals surface area contributed by atoms with E-state index >= 15 is 0 Å². The molecule has 1 amide bonds. The summed E-state index contributed by atoms with van der Waals surface area (Å²) in [5.41, 5.74) is 0.0112. The molecule has 1 aliphatic carbocycles. The van der Waals surface area contributed by atoms with Gasteiger partial charge in [-0.2, -0.15) is 0 Å². The molecule has 124 valence electrons. The molecule has 8 heteroatoms. The number of hydrogen-bond donors (Lipinski definition) is 2. The fraction of sp³-hybridized carbons (Fsp3) is 0.467. The van der Waals surface area contributed by atoms with Crippen molar-refractivity contribution in [2.45, 2.75) is 42.4 Å². The number of amides is 1. The number of aliphatic carboxylic acids is 1. The van der Waals surface area contributed by atoms with Crippen LogP contribution in [0.2, 0.25) is 0 Å². The topological polar surface area (TPSA) is 110 Å². The lowest BCUT2D eigenvalue weighted by Crippen LogP contribution is -2.38. The monoisotopic (exact) mass is 338 g/mol. The number of non-ortho nitro benzene ring substituents is 1. The highest BCUT2D eigenvalue weighted by Crippen LogP contribution is 2.28. The van der Waals surface area contributed by atoms with Gasteiger partial charge in [0.15, 0.2) is 0 Å². The largest absolute Gasteiger partial charge is 0.481 e. The van der Waals surface area contributed by atoms with E-state index in [4.69, 9.17) is 5.11 Å². The Hall–Kier alpha value is -2.09. The number of hydrogen-bond acceptors (Lipinski definition) is 5. The van der Waals surface area contributed by atoms with Gasteiger partial charge in [0.05, 0.1) is 16.1 Å². The second-order valence-electron chi connectivity index (χ2n) is 5.56. The number of benzene rings is 1. The minimum atomic E-state index is -0.810. The average Bonchev–Trinajstić information content (AvgIpc) is 2.96. The van der Waals surface area contributed by atoms with Crippen molar-refractivity contribution in [3.63, 3.8) is 0 Å². The summed E-state index contributed by atoms with van der Waals surface area (Å²) in [6, 6.07) is 5.94. The summed E-state index contributed by atoms with van der Waals surface area (Å²) in [4.78, 5) is 34.0. The Labute approximate surface area is 137 Å². The molecule has 1 aromatic carbocycles. The minimum absolute atomic E-state index is 0.0112. The van der Waals surface area contributed by atoms with E-state index in [1.165, 1.54) is 23.9 Å². The van der Waals surface area contributed by atoms with Crippen molar-refractivity contribution in [3.05, 3.63) is 34.4 Å². The number of nitro groups is 1. The molecule has 7 nitrogen and oxygen atoms in total. The molecular formula is C15H18N2O5S. The predicted octanol–water partition coefficient (Wildman–Crippen LogP) is 2.44. The third-order valence-electron chi connectivity index (χ3n) is 3.86. The van der Waals surface area contributed by atoms with Crippen LogP contribution in [0, 0.1) is 16.0 Å². The molecule has 1 aliphatic rings. The van der Waals surface area contributed by atoms with Crippen LogP contribution in [0.3, 0.4) is 0 Å². The van der Waals surface area contributed by atoms with Crippen LogP contribution in [0.25, 0.3) is 0 Å². The first-order valence-electron chi connectivity index (χ1n) is 7.31. The third kappa shape index (κ3) is 4.69. The number of nitro benzene ring substituents is 1. The van der Waals surface area contributed by atoms with Crippen molar-refractivity contribution in [2.24, 2.45) is 5.92 Å². The Kier molecular flexibility index (Phi) is 5.59. The predicted molar refractivity (Wildman–Crippen MR) is 85.3 cm³/mol. The second kappa shape index (κ2) is 7.45. The standard InChI is InChI=1S/C15H18N2O5S/c1-9(23-13-6-4-12(5-7-13)17(21)22)14(18)16-11-3-2-10(8-11)15(19)20/h4-7,9-11H,2-3,8H2,1H3,(H,16,18)(H,19,20)/t9?,10-,11+/m1/s1. The molecule has 0 aliphatic heterocycles. The van der Waals surface area contributed by atoms with Gasteiger partial charge in [0, 0.05) is 23.1 Å². The number of carboxylic acids is 1. The van der Waals surface area contributed by atoms with Crippen molar-refractivity contribution in [1.29, 1.82) is 0 Å². The fourth-order valence-corrected chi connectivity index (χ4v) is 3.44. The van der Waals surface area contributed by atoms with E-state index in [-0.39, 0.29) is 28.8 Å². The zero-order chi connectivity index (χ0) is 17.0. The SMILES string of the molecule is CC(Sc1ccc([N+](=O)[O-])cc1)C(=O)N[C@H]1CC[C@@H](C(=O)O)C1. The smallest absolute Gasteiger partial charge is 0.306 e. The van der Waals surface area contributed by atoms with Crippen LogP contribution in [0.1, 0.15) is 26.2 Å². The molecule has 1 fully saturated rings. The van der Waals surface area contributed by atoms with Crippen LogP contribution >= 0.6 is 11.8 Å². The average molecular weight is 338 g/mol. The second-order valence-corrected chi connectivity index (χ2v) is 6.98. The summed E-state index contributed by atoms with van der Waals surface area (Å²) in [7, 11) is 0. The van der Waals surface area contributed by atoms with E-state index < -0.39 is 10.9 Å². The van der Waals surface area contributed by atoms with Gasteiger partial charge in [0.1, 0.15) is 0 Å². The van der Waals surface area contributed by atoms with Gasteiger partial charge in [-0.05, 0) is 38.3 Å². The van der Waals surface area contributed by atoms with Crippen LogP contribution in [-0.2, 0) is 9.59 Å². The molecule has 0 bridgehead atoms. The molecule has 0 heterocycles. The Morgan fingerprint density at radius 3 is 2.52 bits per heavy atom. The van der Waals surface area contributed by atoms with E-state index in [1.54, 1.807) is 19.1 Å². The molecule has 3 atom stereocenters. The van der Waals surface area contributed by atoms with Gasteiger partial charge in [0.2, 0.25) is 5.91 Å². The molecule has 0 radical (unpaired) electrons. The Bertz CT molecular complexity index is 604. The minimum Gasteiger partial charge on any atom is -0.481 e. The lowest BCUT2D eigenvalue weighted by Gasteiger charge is -2.16. The number of nitrogens with one attached hydrogen (secondary N) is 1. The lowest BCUT2D eigenvalue weighted by molar-refractivity contribution is -0.384. The molecule has 1 aromatic rings. The molecule has 1 unspecified atom stereocenters. The van der Waals surface area contributed by atoms with Gasteiger partial charge in [-0.1, -0.05) is 0 Å². The first kappa shape index (κ1) is 17.3. The van der Waals surface area contributed by atoms with E-state index in [9.17, 15) is 19.7 Å². The van der Waals surface area contributed by atoms with E-state index in [2.05, 4.69) is 5.32 Å². The third-order valence-corrected chi connectivity index (χ3v) is 4.97. The highest BCUT2D eigenvalue weighted by molar-refractivity contribution is 8.00. The lowest BCUT2D eigenvalue weighted by atomic mass is 10.1. The van der Waals surface area contributed by atoms with Crippen molar-refractivity contribution in [2.75, 3.05) is 0 Å². The van der Waals surface area contributed by atoms with Crippen LogP contribution in [0.4, 0.5) is 5.69 Å². The molecule has 1 saturated carbocycles. The van der Waals surface area contributed by atoms with Crippen molar-refractivity contribution >= 4 is 29.3 Å². The van der Waals surface area contributed by atoms with Crippen LogP contribution in [0.5, 0.6) is 0 Å². The summed E-state index contributed by atoms with van der Waals surface area (Å²) >= 11 is 1.31. The zero-order valence-electron chi connectivity index (χ0n) is 12.6. The molecule has 2 N–H and O–H groups in total. The maximum Gasteiger partial charge on any atom is 0.306 e. The van der Waals surface area contributed by atoms with E-state index in [0.29, 0.717) is 19.3 Å². The molecule has 0 aromatic heterocycles. The van der Waals surface area contributed by atoms with Gasteiger partial charge < -0.3 is 10.4 Å². The van der Waals surface area contributed by atoms with E-state index in [1.807, 2.05) is 0 Å². The summed E-state index contributed by atoms with van der Waals surface area (Å²) in [6.07, 6.45) is 1.73. The highest BCUT2D eigenvalue weighted by atomic mass is 32.2. The van der Waals surface area contributed by atoms with Crippen molar-refractivity contribution in [3.8, 4) is 0 Å². The number of carbonyl (C=O) groups excluding carboxylic acids is 1. The van der Waals surface area contributed by atoms with Crippen LogP contribution < -0.4 is 5.32 Å². The molecule has 23 heavy (non-hydrogen) atoms. The molecule has 0 saturated heterocycles. The summed E-state index contributed by atoms with van der Waals surface area (Å²) in [6.45, 7) is 1.76. The number of carboxylic acid groups (broad SMARTS) is 1. The van der Waals surface area contributed by atoms with E-state index in [0.717, 1.165) is 4.90 Å². The summed E-state index contributed by atoms with van der Waals surface area (Å²) in [5, 5.41) is 22.1. The van der Waals surface area contributed by atoms with Gasteiger partial charge >= 0.3 is 5.97 Å². The highest BCUT2D eigenvalue weighted by Gasteiger charge is 2.31. The number of nitrogens with zero attached hydrogens (tertiary/aromatic N) is 1. The number of carbonyl (C=O) groups is 2. The number of thioether (sulfide) groups is 1. The van der Waals surface area contributed by atoms with Crippen LogP contribution in [-0.4, -0.2) is 33.2 Å².